The van der Waals surface area contributed by atoms with Crippen LogP contribution in [-0.2, 0) is 17.1 Å². The molecule has 0 bridgehead atoms. The van der Waals surface area contributed by atoms with Crippen LogP contribution in [0.1, 0.15) is 11.1 Å². The molecule has 0 radical (unpaired) electrons. The van der Waals surface area contributed by atoms with E-state index in [0.717, 1.165) is 15.5 Å². The fourth-order valence-corrected chi connectivity index (χ4v) is 4.41. The van der Waals surface area contributed by atoms with Gasteiger partial charge in [0.05, 0.1) is 23.0 Å². The zero-order valence-electron chi connectivity index (χ0n) is 11.1. The van der Waals surface area contributed by atoms with Crippen LogP contribution in [0.5, 0.6) is 0 Å². The normalized spacial score (nSPS) is 18.1. The van der Waals surface area contributed by atoms with E-state index in [4.69, 9.17) is 0 Å². The van der Waals surface area contributed by atoms with Crippen molar-refractivity contribution in [3.05, 3.63) is 59.7 Å². The molecule has 0 amide bonds. The average molecular weight is 308 g/mol. The number of fused-ring (bicyclic) bond motifs is 1. The maximum absolute atomic E-state index is 12.8. The largest absolute Gasteiger partial charge is 0.416 e. The molecule has 1 aliphatic heterocycles. The third-order valence-electron chi connectivity index (χ3n) is 3.29. The molecule has 21 heavy (non-hydrogen) atoms. The molecule has 2 aromatic rings. The van der Waals surface area contributed by atoms with Gasteiger partial charge in [0.25, 0.3) is 0 Å². The lowest BCUT2D eigenvalue weighted by Gasteiger charge is -2.10. The van der Waals surface area contributed by atoms with Crippen molar-refractivity contribution >= 4 is 17.1 Å². The molecule has 0 aliphatic carbocycles. The molecule has 2 aromatic carbocycles. The van der Waals surface area contributed by atoms with E-state index in [-0.39, 0.29) is 10.9 Å². The molecule has 108 valence electrons. The van der Waals surface area contributed by atoms with Gasteiger partial charge in [0.2, 0.25) is 0 Å². The quantitative estimate of drug-likeness (QED) is 0.701. The molecule has 0 spiro atoms. The Kier molecular flexibility index (Phi) is 3.76. The maximum Gasteiger partial charge on any atom is 0.416 e. The summed E-state index contributed by atoms with van der Waals surface area (Å²) in [5.41, 5.74) is -0.0410. The summed E-state index contributed by atoms with van der Waals surface area (Å²) < 4.78 is 38.5. The number of rotatable bonds is 1. The number of halogens is 3. The van der Waals surface area contributed by atoms with Crippen molar-refractivity contribution in [2.45, 2.75) is 16.0 Å². The minimum atomic E-state index is -4.32. The standard InChI is InChI=1S/C16H13F3NS/c17-16(18,19)13-6-7-15-12(10-13)11-20-8-9-21(15)14-4-2-1-3-5-14/h1-7,10-11H,8-9H2/q+1. The molecule has 5 heteroatoms. The van der Waals surface area contributed by atoms with Gasteiger partial charge in [0.15, 0.2) is 9.79 Å². The van der Waals surface area contributed by atoms with Gasteiger partial charge in [-0.15, -0.1) is 0 Å². The van der Waals surface area contributed by atoms with E-state index in [1.807, 2.05) is 30.3 Å². The van der Waals surface area contributed by atoms with Gasteiger partial charge in [0, 0.05) is 11.8 Å². The van der Waals surface area contributed by atoms with Crippen molar-refractivity contribution in [3.8, 4) is 0 Å². The van der Waals surface area contributed by atoms with Crippen molar-refractivity contribution in [3.63, 3.8) is 0 Å². The lowest BCUT2D eigenvalue weighted by molar-refractivity contribution is -0.137. The fraction of sp³-hybridized carbons (Fsp3) is 0.188. The van der Waals surface area contributed by atoms with Crippen LogP contribution in [-0.4, -0.2) is 18.5 Å². The summed E-state index contributed by atoms with van der Waals surface area (Å²) in [5.74, 6) is 0.832. The Morgan fingerprint density at radius 2 is 1.76 bits per heavy atom. The van der Waals surface area contributed by atoms with E-state index in [1.54, 1.807) is 12.3 Å². The number of hydrogen-bond donors (Lipinski definition) is 0. The predicted octanol–water partition coefficient (Wildman–Crippen LogP) is 4.17. The van der Waals surface area contributed by atoms with Gasteiger partial charge < -0.3 is 0 Å². The number of aliphatic imine (C=N–C) groups is 1. The SMILES string of the molecule is FC(F)(F)c1ccc2c(c1)C=NCC[S+]2c1ccccc1. The van der Waals surface area contributed by atoms with Crippen molar-refractivity contribution in [2.24, 2.45) is 4.99 Å². The Hall–Kier alpha value is -1.75. The number of nitrogens with zero attached hydrogens (tertiary/aromatic N) is 1. The monoisotopic (exact) mass is 308 g/mol. The molecule has 1 nitrogen and oxygen atoms in total. The number of benzene rings is 2. The summed E-state index contributed by atoms with van der Waals surface area (Å²) in [4.78, 5) is 6.31. The van der Waals surface area contributed by atoms with Crippen molar-refractivity contribution in [2.75, 3.05) is 12.3 Å². The zero-order chi connectivity index (χ0) is 14.9. The average Bonchev–Trinajstić information content (AvgIpc) is 2.69. The highest BCUT2D eigenvalue weighted by Gasteiger charge is 2.34. The van der Waals surface area contributed by atoms with E-state index >= 15 is 0 Å². The second-order valence-electron chi connectivity index (χ2n) is 4.69. The van der Waals surface area contributed by atoms with Crippen LogP contribution >= 0.6 is 0 Å². The van der Waals surface area contributed by atoms with Crippen LogP contribution in [0.2, 0.25) is 0 Å². The Morgan fingerprint density at radius 3 is 2.48 bits per heavy atom. The highest BCUT2D eigenvalue weighted by molar-refractivity contribution is 7.97. The van der Waals surface area contributed by atoms with Gasteiger partial charge in [-0.25, -0.2) is 0 Å². The topological polar surface area (TPSA) is 12.4 Å². The van der Waals surface area contributed by atoms with E-state index in [9.17, 15) is 13.2 Å². The van der Waals surface area contributed by atoms with Gasteiger partial charge in [-0.3, -0.25) is 4.99 Å². The van der Waals surface area contributed by atoms with E-state index in [1.165, 1.54) is 12.1 Å². The Balaban J connectivity index is 2.08. The van der Waals surface area contributed by atoms with E-state index < -0.39 is 11.7 Å². The molecule has 1 aliphatic rings. The first kappa shape index (κ1) is 14.2. The molecule has 0 N–H and O–H groups in total. The van der Waals surface area contributed by atoms with Crippen LogP contribution in [0.3, 0.4) is 0 Å². The Bertz CT molecular complexity index is 665. The molecule has 3 rings (SSSR count). The summed E-state index contributed by atoms with van der Waals surface area (Å²) in [6.45, 7) is 0.633. The fourth-order valence-electron chi connectivity index (χ4n) is 2.30. The Labute approximate surface area is 123 Å². The molecule has 1 atom stereocenters. The second-order valence-corrected chi connectivity index (χ2v) is 6.79. The van der Waals surface area contributed by atoms with Crippen molar-refractivity contribution < 1.29 is 13.2 Å². The van der Waals surface area contributed by atoms with E-state index in [0.29, 0.717) is 12.1 Å². The first-order valence-corrected chi connectivity index (χ1v) is 7.92. The van der Waals surface area contributed by atoms with Gasteiger partial charge >= 0.3 is 6.18 Å². The summed E-state index contributed by atoms with van der Waals surface area (Å²) in [6.07, 6.45) is -2.75. The summed E-state index contributed by atoms with van der Waals surface area (Å²) in [5, 5.41) is 0. The first-order valence-electron chi connectivity index (χ1n) is 6.53. The smallest absolute Gasteiger partial charge is 0.287 e. The zero-order valence-corrected chi connectivity index (χ0v) is 11.9. The maximum atomic E-state index is 12.8. The summed E-state index contributed by atoms with van der Waals surface area (Å²) in [6, 6.07) is 13.9. The van der Waals surface area contributed by atoms with Crippen LogP contribution in [0, 0.1) is 0 Å². The number of alkyl halides is 3. The summed E-state index contributed by atoms with van der Waals surface area (Å²) in [7, 11) is -0.228. The lowest BCUT2D eigenvalue weighted by Crippen LogP contribution is -2.12. The van der Waals surface area contributed by atoms with Crippen LogP contribution < -0.4 is 0 Å². The second kappa shape index (κ2) is 5.56. The molecule has 0 fully saturated rings. The minimum absolute atomic E-state index is 0.228. The molecule has 1 heterocycles. The van der Waals surface area contributed by atoms with Gasteiger partial charge in [0.1, 0.15) is 5.75 Å². The highest BCUT2D eigenvalue weighted by atomic mass is 32.2. The van der Waals surface area contributed by atoms with Gasteiger partial charge in [-0.1, -0.05) is 18.2 Å². The van der Waals surface area contributed by atoms with Crippen molar-refractivity contribution in [1.82, 2.24) is 0 Å². The molecule has 1 unspecified atom stereocenters. The van der Waals surface area contributed by atoms with Crippen molar-refractivity contribution in [1.29, 1.82) is 0 Å². The van der Waals surface area contributed by atoms with Crippen LogP contribution in [0.25, 0.3) is 0 Å². The van der Waals surface area contributed by atoms with Crippen LogP contribution in [0.4, 0.5) is 13.2 Å². The van der Waals surface area contributed by atoms with Crippen LogP contribution in [0.15, 0.2) is 63.3 Å². The third kappa shape index (κ3) is 2.97. The Morgan fingerprint density at radius 1 is 1.00 bits per heavy atom. The molecule has 0 saturated carbocycles. The third-order valence-corrected chi connectivity index (χ3v) is 5.62. The number of hydrogen-bond acceptors (Lipinski definition) is 1. The summed E-state index contributed by atoms with van der Waals surface area (Å²) >= 11 is 0. The molecular weight excluding hydrogens is 295 g/mol. The minimum Gasteiger partial charge on any atom is -0.287 e. The molecule has 0 aromatic heterocycles. The van der Waals surface area contributed by atoms with Gasteiger partial charge in [-0.2, -0.15) is 13.2 Å². The van der Waals surface area contributed by atoms with E-state index in [2.05, 4.69) is 4.99 Å². The van der Waals surface area contributed by atoms with Gasteiger partial charge in [-0.05, 0) is 30.3 Å². The first-order chi connectivity index (χ1) is 10.1. The molecular formula is C16H13F3NS+. The lowest BCUT2D eigenvalue weighted by atomic mass is 10.1. The predicted molar refractivity (Wildman–Crippen MR) is 79.1 cm³/mol. The highest BCUT2D eigenvalue weighted by Crippen LogP contribution is 2.34. The molecule has 0 saturated heterocycles.